The van der Waals surface area contributed by atoms with Gasteiger partial charge in [-0.2, -0.15) is 0 Å². The van der Waals surface area contributed by atoms with Crippen molar-refractivity contribution in [1.29, 1.82) is 0 Å². The third kappa shape index (κ3) is 4.70. The second kappa shape index (κ2) is 7.70. The number of likely N-dealkylation sites (tertiary alicyclic amines) is 1. The molecule has 3 fully saturated rings. The Morgan fingerprint density at radius 3 is 2.71 bits per heavy atom. The number of carbonyl (C=O) groups excluding carboxylic acids is 1. The SMILES string of the molecule is C[C@@H]1CCCN(CC(=O)N(C[C@@H]2CCCO2)[C@H]2CCS(=O)(=O)C2)C1. The molecule has 0 aromatic rings. The van der Waals surface area contributed by atoms with Gasteiger partial charge in [-0.15, -0.1) is 0 Å². The van der Waals surface area contributed by atoms with Crippen molar-refractivity contribution < 1.29 is 17.9 Å². The second-order valence-electron chi connectivity index (χ2n) is 7.72. The molecule has 138 valence electrons. The van der Waals surface area contributed by atoms with Gasteiger partial charge in [-0.1, -0.05) is 6.92 Å². The Labute approximate surface area is 145 Å². The van der Waals surface area contributed by atoms with Crippen LogP contribution in [-0.4, -0.2) is 80.6 Å². The maximum Gasteiger partial charge on any atom is 0.237 e. The monoisotopic (exact) mass is 358 g/mol. The lowest BCUT2D eigenvalue weighted by molar-refractivity contribution is -0.136. The number of rotatable bonds is 5. The number of hydrogen-bond acceptors (Lipinski definition) is 5. The summed E-state index contributed by atoms with van der Waals surface area (Å²) in [4.78, 5) is 17.0. The smallest absolute Gasteiger partial charge is 0.237 e. The first kappa shape index (κ1) is 18.1. The molecule has 0 saturated carbocycles. The van der Waals surface area contributed by atoms with E-state index >= 15 is 0 Å². The number of piperidine rings is 1. The average molecular weight is 359 g/mol. The van der Waals surface area contributed by atoms with Crippen molar-refractivity contribution in [3.63, 3.8) is 0 Å². The highest BCUT2D eigenvalue weighted by atomic mass is 32.2. The zero-order chi connectivity index (χ0) is 17.2. The molecule has 3 aliphatic rings. The first-order chi connectivity index (χ1) is 11.4. The van der Waals surface area contributed by atoms with Crippen LogP contribution in [0.5, 0.6) is 0 Å². The van der Waals surface area contributed by atoms with Crippen molar-refractivity contribution in [2.45, 2.75) is 51.2 Å². The molecule has 3 aliphatic heterocycles. The lowest BCUT2D eigenvalue weighted by Gasteiger charge is -2.35. The maximum atomic E-state index is 12.9. The standard InChI is InChI=1S/C17H30N2O4S/c1-14-4-2-7-18(10-14)12-17(20)19(11-16-5-3-8-23-16)15-6-9-24(21,22)13-15/h14-16H,2-13H2,1H3/t14-,15+,16+/m1/s1. The Hall–Kier alpha value is -0.660. The van der Waals surface area contributed by atoms with Gasteiger partial charge in [0.25, 0.3) is 0 Å². The van der Waals surface area contributed by atoms with Gasteiger partial charge in [-0.3, -0.25) is 9.69 Å². The third-order valence-corrected chi connectivity index (χ3v) is 7.24. The number of nitrogens with zero attached hydrogens (tertiary/aromatic N) is 2. The Morgan fingerprint density at radius 1 is 1.25 bits per heavy atom. The van der Waals surface area contributed by atoms with Gasteiger partial charge < -0.3 is 9.64 Å². The predicted molar refractivity (Wildman–Crippen MR) is 92.6 cm³/mol. The summed E-state index contributed by atoms with van der Waals surface area (Å²) in [5.41, 5.74) is 0. The van der Waals surface area contributed by atoms with E-state index in [0.717, 1.165) is 39.0 Å². The highest BCUT2D eigenvalue weighted by molar-refractivity contribution is 7.91. The Kier molecular flexibility index (Phi) is 5.82. The molecule has 24 heavy (non-hydrogen) atoms. The lowest BCUT2D eigenvalue weighted by Crippen LogP contribution is -2.50. The minimum Gasteiger partial charge on any atom is -0.376 e. The van der Waals surface area contributed by atoms with Crippen molar-refractivity contribution in [2.24, 2.45) is 5.92 Å². The molecule has 0 spiro atoms. The van der Waals surface area contributed by atoms with E-state index in [1.54, 1.807) is 0 Å². The topological polar surface area (TPSA) is 66.9 Å². The molecular formula is C17H30N2O4S. The molecule has 1 amide bonds. The van der Waals surface area contributed by atoms with E-state index in [9.17, 15) is 13.2 Å². The summed E-state index contributed by atoms with van der Waals surface area (Å²) in [6.07, 6.45) is 4.99. The van der Waals surface area contributed by atoms with Crippen LogP contribution >= 0.6 is 0 Å². The quantitative estimate of drug-likeness (QED) is 0.731. The first-order valence-electron chi connectivity index (χ1n) is 9.27. The van der Waals surface area contributed by atoms with E-state index in [4.69, 9.17) is 4.74 Å². The first-order valence-corrected chi connectivity index (χ1v) is 11.1. The normalized spacial score (nSPS) is 33.6. The Bertz CT molecular complexity index is 545. The van der Waals surface area contributed by atoms with E-state index in [1.165, 1.54) is 6.42 Å². The van der Waals surface area contributed by atoms with Gasteiger partial charge in [-0.05, 0) is 44.6 Å². The highest BCUT2D eigenvalue weighted by Crippen LogP contribution is 2.22. The van der Waals surface area contributed by atoms with Crippen molar-refractivity contribution in [2.75, 3.05) is 44.3 Å². The van der Waals surface area contributed by atoms with E-state index in [1.807, 2.05) is 4.90 Å². The molecule has 0 bridgehead atoms. The molecule has 0 aromatic heterocycles. The molecule has 0 N–H and O–H groups in total. The number of sulfone groups is 1. The number of ether oxygens (including phenoxy) is 1. The van der Waals surface area contributed by atoms with Gasteiger partial charge in [0.2, 0.25) is 5.91 Å². The molecule has 0 radical (unpaired) electrons. The van der Waals surface area contributed by atoms with Gasteiger partial charge in [0.05, 0.1) is 24.2 Å². The van der Waals surface area contributed by atoms with Crippen molar-refractivity contribution in [3.8, 4) is 0 Å². The zero-order valence-electron chi connectivity index (χ0n) is 14.7. The van der Waals surface area contributed by atoms with Crippen LogP contribution in [0.15, 0.2) is 0 Å². The van der Waals surface area contributed by atoms with Gasteiger partial charge in [-0.25, -0.2) is 8.42 Å². The number of hydrogen-bond donors (Lipinski definition) is 0. The number of amides is 1. The molecule has 3 rings (SSSR count). The fraction of sp³-hybridized carbons (Fsp3) is 0.941. The second-order valence-corrected chi connectivity index (χ2v) is 9.95. The molecule has 0 aliphatic carbocycles. The van der Waals surface area contributed by atoms with E-state index < -0.39 is 9.84 Å². The molecular weight excluding hydrogens is 328 g/mol. The van der Waals surface area contributed by atoms with Gasteiger partial charge in [0.1, 0.15) is 0 Å². The summed E-state index contributed by atoms with van der Waals surface area (Å²) in [6, 6.07) is -0.172. The van der Waals surface area contributed by atoms with Crippen molar-refractivity contribution in [3.05, 3.63) is 0 Å². The fourth-order valence-corrected chi connectivity index (χ4v) is 5.93. The lowest BCUT2D eigenvalue weighted by atomic mass is 10.0. The molecule has 0 aromatic carbocycles. The van der Waals surface area contributed by atoms with Gasteiger partial charge >= 0.3 is 0 Å². The Morgan fingerprint density at radius 2 is 2.08 bits per heavy atom. The molecule has 3 saturated heterocycles. The number of carbonyl (C=O) groups is 1. The van der Waals surface area contributed by atoms with E-state index in [-0.39, 0.29) is 29.6 Å². The summed E-state index contributed by atoms with van der Waals surface area (Å²) in [6.45, 7) is 5.86. The Balaban J connectivity index is 1.64. The van der Waals surface area contributed by atoms with Crippen LogP contribution in [0.2, 0.25) is 0 Å². The van der Waals surface area contributed by atoms with Crippen LogP contribution in [0.25, 0.3) is 0 Å². The molecule has 6 nitrogen and oxygen atoms in total. The highest BCUT2D eigenvalue weighted by Gasteiger charge is 2.36. The van der Waals surface area contributed by atoms with Crippen molar-refractivity contribution in [1.82, 2.24) is 9.80 Å². The van der Waals surface area contributed by atoms with E-state index in [0.29, 0.717) is 25.4 Å². The molecule has 0 unspecified atom stereocenters. The molecule has 7 heteroatoms. The summed E-state index contributed by atoms with van der Waals surface area (Å²) in [7, 11) is -3.00. The largest absolute Gasteiger partial charge is 0.376 e. The zero-order valence-corrected chi connectivity index (χ0v) is 15.5. The van der Waals surface area contributed by atoms with Crippen LogP contribution in [0.4, 0.5) is 0 Å². The van der Waals surface area contributed by atoms with E-state index in [2.05, 4.69) is 11.8 Å². The maximum absolute atomic E-state index is 12.9. The minimum atomic E-state index is -3.00. The summed E-state index contributed by atoms with van der Waals surface area (Å²) in [5.74, 6) is 1.02. The molecule has 3 heterocycles. The minimum absolute atomic E-state index is 0.0672. The summed E-state index contributed by atoms with van der Waals surface area (Å²) < 4.78 is 29.4. The third-order valence-electron chi connectivity index (χ3n) is 5.49. The van der Waals surface area contributed by atoms with Crippen molar-refractivity contribution >= 4 is 15.7 Å². The summed E-state index contributed by atoms with van der Waals surface area (Å²) >= 11 is 0. The van der Waals surface area contributed by atoms with Gasteiger partial charge in [0.15, 0.2) is 9.84 Å². The van der Waals surface area contributed by atoms with Crippen LogP contribution in [0.3, 0.4) is 0 Å². The van der Waals surface area contributed by atoms with Crippen LogP contribution < -0.4 is 0 Å². The average Bonchev–Trinajstić information content (AvgIpc) is 3.14. The predicted octanol–water partition coefficient (Wildman–Crippen LogP) is 0.913. The molecule has 3 atom stereocenters. The van der Waals surface area contributed by atoms with Crippen LogP contribution in [-0.2, 0) is 19.4 Å². The van der Waals surface area contributed by atoms with Crippen LogP contribution in [0, 0.1) is 5.92 Å². The fourth-order valence-electron chi connectivity index (χ4n) is 4.20. The summed E-state index contributed by atoms with van der Waals surface area (Å²) in [5, 5.41) is 0. The van der Waals surface area contributed by atoms with Gasteiger partial charge in [0, 0.05) is 25.7 Å². The van der Waals surface area contributed by atoms with Crippen LogP contribution in [0.1, 0.15) is 39.0 Å².